The first-order valence-electron chi connectivity index (χ1n) is 12.3. The highest BCUT2D eigenvalue weighted by Crippen LogP contribution is 2.35. The molecule has 0 spiro atoms. The van der Waals surface area contributed by atoms with Gasteiger partial charge in [0.15, 0.2) is 0 Å². The highest BCUT2D eigenvalue weighted by molar-refractivity contribution is 6.06. The highest BCUT2D eigenvalue weighted by Gasteiger charge is 2.18. The van der Waals surface area contributed by atoms with Crippen LogP contribution in [0.5, 0.6) is 11.5 Å². The van der Waals surface area contributed by atoms with Gasteiger partial charge in [-0.2, -0.15) is 0 Å². The largest absolute Gasteiger partial charge is 0.494 e. The maximum absolute atomic E-state index is 8.49. The first-order valence-corrected chi connectivity index (χ1v) is 13.5. The van der Waals surface area contributed by atoms with Gasteiger partial charge in [0.05, 0.1) is 24.0 Å². The van der Waals surface area contributed by atoms with E-state index in [0.29, 0.717) is 13.2 Å². The summed E-state index contributed by atoms with van der Waals surface area (Å²) < 4.78 is 51.5. The summed E-state index contributed by atoms with van der Waals surface area (Å²) in [6.45, 7) is 5.28. The number of rotatable bonds is 7. The number of hydrogen-bond acceptors (Lipinski definition) is 6. The van der Waals surface area contributed by atoms with Crippen LogP contribution < -0.4 is 28.1 Å². The molecule has 1 aromatic heterocycles. The topological polar surface area (TPSA) is 122 Å². The van der Waals surface area contributed by atoms with Gasteiger partial charge in [-0.15, -0.1) is 10.2 Å². The van der Waals surface area contributed by atoms with Crippen molar-refractivity contribution in [3.63, 3.8) is 0 Å². The first kappa shape index (κ1) is 28.0. The maximum Gasteiger partial charge on any atom is 0.361 e. The summed E-state index contributed by atoms with van der Waals surface area (Å²) in [6, 6.07) is 33.0. The molecule has 0 radical (unpaired) electrons. The first-order chi connectivity index (χ1) is 18.8. The summed E-state index contributed by atoms with van der Waals surface area (Å²) in [5.74, 6) is 1.73. The Morgan fingerprint density at radius 3 is 1.41 bits per heavy atom. The molecule has 0 saturated heterocycles. The molecule has 0 aliphatic carbocycles. The molecule has 5 aromatic rings. The molecule has 0 atom stereocenters. The zero-order valence-electron chi connectivity index (χ0n) is 21.5. The molecule has 0 N–H and O–H groups in total. The molecule has 0 bridgehead atoms. The zero-order valence-corrected chi connectivity index (χ0v) is 22.2. The lowest BCUT2D eigenvalue weighted by Gasteiger charge is -2.17. The summed E-state index contributed by atoms with van der Waals surface area (Å²) in [4.78, 5) is 0. The summed E-state index contributed by atoms with van der Waals surface area (Å²) >= 11 is 0. The molecular formula is C31H27ClO7. The van der Waals surface area contributed by atoms with Crippen molar-refractivity contribution >= 4 is 33.6 Å². The van der Waals surface area contributed by atoms with Crippen LogP contribution in [0.1, 0.15) is 30.5 Å². The standard InChI is InChI=1S/C31H27O3.ClHO4/c1-3-32-24-17-13-22(14-18-24)28(23-15-19-25(20-16-23)33-4-2)21-29-26-9-5-7-11-30(26)34-31-12-8-6-10-27(29)31;2-1(3,4)5/h5-21H,3-4H2,1-2H3;(H,2,3,4,5)/q+1;/p-1. The van der Waals surface area contributed by atoms with Gasteiger partial charge >= 0.3 is 11.2 Å². The smallest absolute Gasteiger partial charge is 0.361 e. The summed E-state index contributed by atoms with van der Waals surface area (Å²) in [5.41, 5.74) is 6.21. The lowest BCUT2D eigenvalue weighted by atomic mass is 9.93. The molecule has 0 saturated carbocycles. The molecule has 4 aromatic carbocycles. The second-order valence-corrected chi connectivity index (χ2v) is 9.11. The van der Waals surface area contributed by atoms with Crippen molar-refractivity contribution in [2.45, 2.75) is 13.8 Å². The van der Waals surface area contributed by atoms with Crippen LogP contribution in [0.15, 0.2) is 101 Å². The molecule has 39 heavy (non-hydrogen) atoms. The zero-order chi connectivity index (χ0) is 27.8. The lowest BCUT2D eigenvalue weighted by Crippen LogP contribution is -2.68. The Hall–Kier alpha value is -3.98. The van der Waals surface area contributed by atoms with E-state index in [1.165, 1.54) is 0 Å². The number of halogens is 1. The van der Waals surface area contributed by atoms with Crippen molar-refractivity contribution in [3.05, 3.63) is 114 Å². The Kier molecular flexibility index (Phi) is 9.14. The minimum absolute atomic E-state index is 0.645. The van der Waals surface area contributed by atoms with Crippen molar-refractivity contribution in [1.82, 2.24) is 0 Å². The monoisotopic (exact) mass is 546 g/mol. The fraction of sp³-hybridized carbons (Fsp3) is 0.129. The van der Waals surface area contributed by atoms with Gasteiger partial charge in [0.25, 0.3) is 0 Å². The van der Waals surface area contributed by atoms with Gasteiger partial charge in [0, 0.05) is 17.7 Å². The minimum Gasteiger partial charge on any atom is -0.494 e. The van der Waals surface area contributed by atoms with E-state index in [2.05, 4.69) is 54.6 Å². The molecule has 8 heteroatoms. The summed E-state index contributed by atoms with van der Waals surface area (Å²) in [6.07, 6.45) is 2.27. The Morgan fingerprint density at radius 2 is 1.03 bits per heavy atom. The lowest BCUT2D eigenvalue weighted by molar-refractivity contribution is -2.00. The number of ether oxygens (including phenoxy) is 2. The second kappa shape index (κ2) is 12.7. The van der Waals surface area contributed by atoms with Crippen molar-refractivity contribution in [2.24, 2.45) is 0 Å². The Balaban J connectivity index is 0.000000648. The average molecular weight is 547 g/mol. The van der Waals surface area contributed by atoms with Crippen LogP contribution in [0, 0.1) is 10.2 Å². The molecule has 7 nitrogen and oxygen atoms in total. The van der Waals surface area contributed by atoms with Crippen molar-refractivity contribution in [3.8, 4) is 11.5 Å². The Morgan fingerprint density at radius 1 is 0.641 bits per heavy atom. The fourth-order valence-corrected chi connectivity index (χ4v) is 4.25. The second-order valence-electron chi connectivity index (χ2n) is 8.36. The summed E-state index contributed by atoms with van der Waals surface area (Å²) in [5, 5.41) is 2.16. The molecule has 0 fully saturated rings. The fourth-order valence-electron chi connectivity index (χ4n) is 4.25. The van der Waals surface area contributed by atoms with Crippen molar-refractivity contribution in [1.29, 1.82) is 0 Å². The van der Waals surface area contributed by atoms with Gasteiger partial charge in [-0.1, -0.05) is 48.5 Å². The van der Waals surface area contributed by atoms with E-state index >= 15 is 0 Å². The molecular weight excluding hydrogens is 520 g/mol. The number of benzene rings is 4. The molecule has 5 rings (SSSR count). The third kappa shape index (κ3) is 7.54. The van der Waals surface area contributed by atoms with Crippen LogP contribution in [0.3, 0.4) is 0 Å². The van der Waals surface area contributed by atoms with Crippen molar-refractivity contribution < 1.29 is 42.8 Å². The van der Waals surface area contributed by atoms with Gasteiger partial charge in [-0.05, 0) is 73.0 Å². The minimum atomic E-state index is -4.94. The number of fused-ring (bicyclic) bond motifs is 2. The molecule has 0 aliphatic rings. The van der Waals surface area contributed by atoms with E-state index in [1.807, 2.05) is 62.4 Å². The molecule has 0 aliphatic heterocycles. The molecule has 1 heterocycles. The maximum atomic E-state index is 8.49. The quantitative estimate of drug-likeness (QED) is 0.226. The normalized spacial score (nSPS) is 11.0. The van der Waals surface area contributed by atoms with Crippen molar-refractivity contribution in [2.75, 3.05) is 13.2 Å². The SMILES string of the molecule is CCOc1ccc(C(=Cc2c3ccccc3[o+]c3ccccc23)c2ccc(OCC)cc2)cc1.[O-][Cl+3]([O-])([O-])[O-]. The van der Waals surface area contributed by atoms with E-state index in [9.17, 15) is 0 Å². The molecule has 200 valence electrons. The Labute approximate surface area is 228 Å². The van der Waals surface area contributed by atoms with E-state index in [1.54, 1.807) is 0 Å². The predicted octanol–water partition coefficient (Wildman–Crippen LogP) is 3.50. The van der Waals surface area contributed by atoms with Gasteiger partial charge in [-0.3, -0.25) is 0 Å². The van der Waals surface area contributed by atoms with E-state index in [4.69, 9.17) is 32.5 Å². The van der Waals surface area contributed by atoms with Crippen LogP contribution in [0.25, 0.3) is 33.6 Å². The van der Waals surface area contributed by atoms with Gasteiger partial charge in [-0.25, -0.2) is 23.1 Å². The van der Waals surface area contributed by atoms with E-state index < -0.39 is 10.2 Å². The average Bonchev–Trinajstić information content (AvgIpc) is 2.92. The van der Waals surface area contributed by atoms with Crippen LogP contribution in [0.2, 0.25) is 0 Å². The predicted molar refractivity (Wildman–Crippen MR) is 140 cm³/mol. The Bertz CT molecular complexity index is 1450. The highest BCUT2D eigenvalue weighted by atomic mass is 35.7. The third-order valence-electron chi connectivity index (χ3n) is 5.82. The van der Waals surface area contributed by atoms with E-state index in [-0.39, 0.29) is 0 Å². The van der Waals surface area contributed by atoms with Gasteiger partial charge in [0.1, 0.15) is 11.5 Å². The van der Waals surface area contributed by atoms with Gasteiger partial charge in [0.2, 0.25) is 0 Å². The van der Waals surface area contributed by atoms with Gasteiger partial charge < -0.3 is 9.47 Å². The van der Waals surface area contributed by atoms with E-state index in [0.717, 1.165) is 55.7 Å². The molecule has 0 amide bonds. The van der Waals surface area contributed by atoms with Crippen LogP contribution in [-0.2, 0) is 0 Å². The summed E-state index contributed by atoms with van der Waals surface area (Å²) in [7, 11) is -4.94. The molecule has 0 unspecified atom stereocenters. The number of hydrogen-bond donors (Lipinski definition) is 0. The van der Waals surface area contributed by atoms with Crippen LogP contribution >= 0.6 is 0 Å². The third-order valence-corrected chi connectivity index (χ3v) is 5.82. The van der Waals surface area contributed by atoms with Crippen LogP contribution in [-0.4, -0.2) is 13.2 Å². The number of para-hydroxylation sites is 2. The van der Waals surface area contributed by atoms with Crippen LogP contribution in [0.4, 0.5) is 0 Å².